The Morgan fingerprint density at radius 1 is 1.16 bits per heavy atom. The van der Waals surface area contributed by atoms with Crippen molar-refractivity contribution in [2.75, 3.05) is 31.1 Å². The number of nitrogens with zero attached hydrogens (tertiary/aromatic N) is 3. The van der Waals surface area contributed by atoms with Crippen molar-refractivity contribution >= 4 is 17.5 Å². The molecule has 0 N–H and O–H groups in total. The van der Waals surface area contributed by atoms with Crippen molar-refractivity contribution in [2.45, 2.75) is 19.8 Å². The normalized spacial score (nSPS) is 15.4. The number of carbonyl (C=O) groups excluding carboxylic acids is 2. The Morgan fingerprint density at radius 3 is 2.47 bits per heavy atom. The van der Waals surface area contributed by atoms with Crippen LogP contribution in [0.4, 0.5) is 5.82 Å². The van der Waals surface area contributed by atoms with E-state index in [-0.39, 0.29) is 11.7 Å². The summed E-state index contributed by atoms with van der Waals surface area (Å²) < 4.78 is 0. The van der Waals surface area contributed by atoms with E-state index in [2.05, 4.69) is 9.88 Å². The average Bonchev–Trinajstić information content (AvgIpc) is 2.46. The highest BCUT2D eigenvalue weighted by Gasteiger charge is 2.21. The van der Waals surface area contributed by atoms with Crippen LogP contribution in [0.3, 0.4) is 0 Å². The third-order valence-electron chi connectivity index (χ3n) is 3.30. The summed E-state index contributed by atoms with van der Waals surface area (Å²) in [5, 5.41) is 0. The van der Waals surface area contributed by atoms with Gasteiger partial charge in [0.05, 0.1) is 0 Å². The van der Waals surface area contributed by atoms with Gasteiger partial charge in [-0.2, -0.15) is 0 Å². The fraction of sp³-hybridized carbons (Fsp3) is 0.500. The summed E-state index contributed by atoms with van der Waals surface area (Å²) in [6.45, 7) is 4.51. The van der Waals surface area contributed by atoms with E-state index in [1.807, 2.05) is 23.1 Å². The Kier molecular flexibility index (Phi) is 4.49. The summed E-state index contributed by atoms with van der Waals surface area (Å²) in [5.74, 6) is 1.11. The SMILES string of the molecule is CC(=O)CCC(=O)N1CCN(c2ccccn2)CC1. The number of anilines is 1. The minimum atomic E-state index is 0.0699. The largest absolute Gasteiger partial charge is 0.353 e. The van der Waals surface area contributed by atoms with Crippen molar-refractivity contribution < 1.29 is 9.59 Å². The summed E-state index contributed by atoms with van der Waals surface area (Å²) in [5.41, 5.74) is 0. The quantitative estimate of drug-likeness (QED) is 0.814. The molecule has 1 aliphatic rings. The minimum absolute atomic E-state index is 0.0699. The van der Waals surface area contributed by atoms with Crippen LogP contribution in [-0.4, -0.2) is 47.8 Å². The van der Waals surface area contributed by atoms with Crippen LogP contribution in [0.5, 0.6) is 0 Å². The van der Waals surface area contributed by atoms with Crippen LogP contribution in [-0.2, 0) is 9.59 Å². The molecule has 0 bridgehead atoms. The molecule has 102 valence electrons. The molecule has 0 spiro atoms. The number of Topliss-reactive ketones (excluding diaryl/α,β-unsaturated/α-hetero) is 1. The van der Waals surface area contributed by atoms with E-state index in [0.29, 0.717) is 25.9 Å². The maximum atomic E-state index is 11.9. The van der Waals surface area contributed by atoms with Crippen LogP contribution in [0.25, 0.3) is 0 Å². The van der Waals surface area contributed by atoms with Gasteiger partial charge in [-0.3, -0.25) is 4.79 Å². The van der Waals surface area contributed by atoms with Crippen LogP contribution in [0.2, 0.25) is 0 Å². The Morgan fingerprint density at radius 2 is 1.89 bits per heavy atom. The van der Waals surface area contributed by atoms with Gasteiger partial charge < -0.3 is 14.6 Å². The molecule has 2 rings (SSSR count). The Balaban J connectivity index is 1.82. The third-order valence-corrected chi connectivity index (χ3v) is 3.30. The van der Waals surface area contributed by atoms with Gasteiger partial charge in [0.25, 0.3) is 0 Å². The molecule has 5 nitrogen and oxygen atoms in total. The lowest BCUT2D eigenvalue weighted by Gasteiger charge is -2.35. The monoisotopic (exact) mass is 261 g/mol. The number of piperazine rings is 1. The molecule has 19 heavy (non-hydrogen) atoms. The summed E-state index contributed by atoms with van der Waals surface area (Å²) >= 11 is 0. The zero-order valence-electron chi connectivity index (χ0n) is 11.2. The number of aromatic nitrogens is 1. The van der Waals surface area contributed by atoms with E-state index < -0.39 is 0 Å². The molecule has 0 saturated carbocycles. The average molecular weight is 261 g/mol. The molecule has 0 aliphatic carbocycles. The zero-order valence-corrected chi connectivity index (χ0v) is 11.2. The van der Waals surface area contributed by atoms with Crippen molar-refractivity contribution in [1.82, 2.24) is 9.88 Å². The van der Waals surface area contributed by atoms with Gasteiger partial charge in [-0.15, -0.1) is 0 Å². The maximum Gasteiger partial charge on any atom is 0.223 e. The number of hydrogen-bond donors (Lipinski definition) is 0. The molecule has 1 aliphatic heterocycles. The van der Waals surface area contributed by atoms with Crippen molar-refractivity contribution in [3.05, 3.63) is 24.4 Å². The predicted octanol–water partition coefficient (Wildman–Crippen LogP) is 1.10. The maximum absolute atomic E-state index is 11.9. The van der Waals surface area contributed by atoms with Crippen LogP contribution >= 0.6 is 0 Å². The lowest BCUT2D eigenvalue weighted by molar-refractivity contribution is -0.133. The fourth-order valence-electron chi connectivity index (χ4n) is 2.17. The standard InChI is InChI=1S/C14H19N3O2/c1-12(18)5-6-14(19)17-10-8-16(9-11-17)13-4-2-3-7-15-13/h2-4,7H,5-6,8-11H2,1H3. The number of rotatable bonds is 4. The second-order valence-corrected chi connectivity index (χ2v) is 4.76. The molecular weight excluding hydrogens is 242 g/mol. The zero-order chi connectivity index (χ0) is 13.7. The van der Waals surface area contributed by atoms with Gasteiger partial charge in [0.15, 0.2) is 0 Å². The topological polar surface area (TPSA) is 53.5 Å². The van der Waals surface area contributed by atoms with E-state index in [1.165, 1.54) is 6.92 Å². The predicted molar refractivity (Wildman–Crippen MR) is 72.9 cm³/mol. The molecule has 1 amide bonds. The molecule has 2 heterocycles. The van der Waals surface area contributed by atoms with E-state index in [4.69, 9.17) is 0 Å². The molecule has 0 unspecified atom stereocenters. The minimum Gasteiger partial charge on any atom is -0.353 e. The highest BCUT2D eigenvalue weighted by atomic mass is 16.2. The van der Waals surface area contributed by atoms with Crippen LogP contribution < -0.4 is 4.90 Å². The lowest BCUT2D eigenvalue weighted by atomic mass is 10.2. The molecule has 1 aromatic heterocycles. The van der Waals surface area contributed by atoms with Gasteiger partial charge in [-0.25, -0.2) is 4.98 Å². The van der Waals surface area contributed by atoms with Gasteiger partial charge in [-0.05, 0) is 19.1 Å². The van der Waals surface area contributed by atoms with Crippen LogP contribution in [0, 0.1) is 0 Å². The second-order valence-electron chi connectivity index (χ2n) is 4.76. The van der Waals surface area contributed by atoms with Gasteiger partial charge >= 0.3 is 0 Å². The second kappa shape index (κ2) is 6.31. The highest BCUT2D eigenvalue weighted by molar-refractivity contribution is 5.83. The first kappa shape index (κ1) is 13.5. The van der Waals surface area contributed by atoms with Gasteiger partial charge in [-0.1, -0.05) is 6.07 Å². The molecule has 1 aromatic rings. The van der Waals surface area contributed by atoms with E-state index in [0.717, 1.165) is 18.9 Å². The first-order chi connectivity index (χ1) is 9.16. The molecule has 0 aromatic carbocycles. The van der Waals surface area contributed by atoms with Gasteiger partial charge in [0.1, 0.15) is 11.6 Å². The van der Waals surface area contributed by atoms with Crippen LogP contribution in [0.15, 0.2) is 24.4 Å². The van der Waals surface area contributed by atoms with E-state index >= 15 is 0 Å². The Hall–Kier alpha value is -1.91. The first-order valence-electron chi connectivity index (χ1n) is 6.60. The molecule has 0 radical (unpaired) electrons. The Labute approximate surface area is 113 Å². The Bertz CT molecular complexity index is 439. The molecule has 5 heteroatoms. The fourth-order valence-corrected chi connectivity index (χ4v) is 2.17. The van der Waals surface area contributed by atoms with Gasteiger partial charge in [0.2, 0.25) is 5.91 Å². The third kappa shape index (κ3) is 3.77. The highest BCUT2D eigenvalue weighted by Crippen LogP contribution is 2.13. The molecule has 1 fully saturated rings. The van der Waals surface area contributed by atoms with Crippen LogP contribution in [0.1, 0.15) is 19.8 Å². The number of amides is 1. The molecule has 0 atom stereocenters. The van der Waals surface area contributed by atoms with Gasteiger partial charge in [0, 0.05) is 45.2 Å². The van der Waals surface area contributed by atoms with E-state index in [1.54, 1.807) is 6.20 Å². The lowest BCUT2D eigenvalue weighted by Crippen LogP contribution is -2.49. The summed E-state index contributed by atoms with van der Waals surface area (Å²) in [6.07, 6.45) is 2.46. The van der Waals surface area contributed by atoms with Crippen molar-refractivity contribution in [3.8, 4) is 0 Å². The number of hydrogen-bond acceptors (Lipinski definition) is 4. The summed E-state index contributed by atoms with van der Waals surface area (Å²) in [4.78, 5) is 31.1. The number of pyridine rings is 1. The smallest absolute Gasteiger partial charge is 0.223 e. The first-order valence-corrected chi connectivity index (χ1v) is 6.60. The van der Waals surface area contributed by atoms with Crippen molar-refractivity contribution in [3.63, 3.8) is 0 Å². The molecular formula is C14H19N3O2. The van der Waals surface area contributed by atoms with Crippen molar-refractivity contribution in [2.24, 2.45) is 0 Å². The van der Waals surface area contributed by atoms with E-state index in [9.17, 15) is 9.59 Å². The number of carbonyl (C=O) groups is 2. The summed E-state index contributed by atoms with van der Waals surface area (Å²) in [7, 11) is 0. The number of ketones is 1. The molecule has 1 saturated heterocycles. The summed E-state index contributed by atoms with van der Waals surface area (Å²) in [6, 6.07) is 5.84. The van der Waals surface area contributed by atoms with Crippen molar-refractivity contribution in [1.29, 1.82) is 0 Å².